The van der Waals surface area contributed by atoms with Gasteiger partial charge in [0.05, 0.1) is 27.8 Å². The molecule has 1 aliphatic rings. The van der Waals surface area contributed by atoms with E-state index in [4.69, 9.17) is 11.6 Å². The highest BCUT2D eigenvalue weighted by molar-refractivity contribution is 6.31. The van der Waals surface area contributed by atoms with Crippen molar-refractivity contribution < 1.29 is 0 Å². The first-order chi connectivity index (χ1) is 13.7. The topological polar surface area (TPSA) is 107 Å². The van der Waals surface area contributed by atoms with Crippen LogP contribution in [0.2, 0.25) is 5.02 Å². The number of rotatable bonds is 6. The molecule has 4 N–H and O–H groups in total. The molecule has 142 valence electrons. The molecule has 0 saturated heterocycles. The van der Waals surface area contributed by atoms with Crippen LogP contribution in [0.15, 0.2) is 36.7 Å². The summed E-state index contributed by atoms with van der Waals surface area (Å²) >= 11 is 6.41. The van der Waals surface area contributed by atoms with E-state index in [0.717, 1.165) is 22.5 Å². The second-order valence-corrected chi connectivity index (χ2v) is 7.41. The Morgan fingerprint density at radius 2 is 2.07 bits per heavy atom. The maximum atomic E-state index is 6.41. The second kappa shape index (κ2) is 6.79. The lowest BCUT2D eigenvalue weighted by molar-refractivity contribution is 0.829. The summed E-state index contributed by atoms with van der Waals surface area (Å²) in [7, 11) is 0. The maximum Gasteiger partial charge on any atom is 0.225 e. The quantitative estimate of drug-likeness (QED) is 0.383. The first-order valence-corrected chi connectivity index (χ1v) is 9.59. The van der Waals surface area contributed by atoms with E-state index < -0.39 is 0 Å². The summed E-state index contributed by atoms with van der Waals surface area (Å²) in [6.45, 7) is 1.98. The standard InChI is InChI=1S/C19H19ClN8/c1-10(18-12(20)8-15-13(24-18)4-6-21-15)23-19-22-7-5-16(26-19)25-17-9-14(27-28-17)11-2-3-11/h4-11,21H,2-3H2,1H3,(H3,22,23,25,26,27,28)/t10-/m0/s1. The van der Waals surface area contributed by atoms with E-state index in [1.54, 1.807) is 12.3 Å². The molecule has 8 nitrogen and oxygen atoms in total. The average molecular weight is 395 g/mol. The fourth-order valence-corrected chi connectivity index (χ4v) is 3.48. The summed E-state index contributed by atoms with van der Waals surface area (Å²) < 4.78 is 0. The van der Waals surface area contributed by atoms with Crippen molar-refractivity contribution in [3.05, 3.63) is 53.1 Å². The summed E-state index contributed by atoms with van der Waals surface area (Å²) in [5.41, 5.74) is 3.70. The third-order valence-corrected chi connectivity index (χ3v) is 5.10. The Kier molecular flexibility index (Phi) is 4.12. The largest absolute Gasteiger partial charge is 0.360 e. The van der Waals surface area contributed by atoms with Crippen molar-refractivity contribution in [1.29, 1.82) is 0 Å². The van der Waals surface area contributed by atoms with Gasteiger partial charge in [-0.2, -0.15) is 10.1 Å². The minimum atomic E-state index is -0.158. The van der Waals surface area contributed by atoms with Gasteiger partial charge in [0, 0.05) is 30.1 Å². The molecule has 1 fully saturated rings. The van der Waals surface area contributed by atoms with Gasteiger partial charge in [-0.15, -0.1) is 0 Å². The Bertz CT molecular complexity index is 1130. The van der Waals surface area contributed by atoms with Gasteiger partial charge in [-0.1, -0.05) is 11.6 Å². The van der Waals surface area contributed by atoms with Gasteiger partial charge in [-0.25, -0.2) is 9.97 Å². The molecule has 0 bridgehead atoms. The van der Waals surface area contributed by atoms with Gasteiger partial charge < -0.3 is 15.6 Å². The van der Waals surface area contributed by atoms with Gasteiger partial charge in [-0.05, 0) is 38.0 Å². The van der Waals surface area contributed by atoms with Gasteiger partial charge in [0.1, 0.15) is 5.82 Å². The lowest BCUT2D eigenvalue weighted by Gasteiger charge is -2.15. The van der Waals surface area contributed by atoms with E-state index in [2.05, 4.69) is 40.8 Å². The number of H-pyrrole nitrogens is 2. The van der Waals surface area contributed by atoms with E-state index in [1.807, 2.05) is 31.3 Å². The molecule has 1 saturated carbocycles. The highest BCUT2D eigenvalue weighted by atomic mass is 35.5. The van der Waals surface area contributed by atoms with Gasteiger partial charge >= 0.3 is 0 Å². The average Bonchev–Trinajstić information content (AvgIpc) is 3.25. The molecule has 28 heavy (non-hydrogen) atoms. The van der Waals surface area contributed by atoms with Crippen molar-refractivity contribution in [1.82, 2.24) is 30.1 Å². The van der Waals surface area contributed by atoms with E-state index in [-0.39, 0.29) is 6.04 Å². The third-order valence-electron chi connectivity index (χ3n) is 4.79. The summed E-state index contributed by atoms with van der Waals surface area (Å²) in [6.07, 6.45) is 6.00. The second-order valence-electron chi connectivity index (χ2n) is 7.01. The van der Waals surface area contributed by atoms with Gasteiger partial charge in [-0.3, -0.25) is 5.10 Å². The minimum absolute atomic E-state index is 0.158. The van der Waals surface area contributed by atoms with Crippen LogP contribution in [0.4, 0.5) is 17.6 Å². The Morgan fingerprint density at radius 3 is 2.93 bits per heavy atom. The Morgan fingerprint density at radius 1 is 1.18 bits per heavy atom. The molecule has 0 aromatic carbocycles. The molecule has 4 aromatic heterocycles. The molecule has 0 amide bonds. The third kappa shape index (κ3) is 3.38. The fraction of sp³-hybridized carbons (Fsp3) is 0.263. The number of pyridine rings is 1. The molecule has 1 aliphatic carbocycles. The van der Waals surface area contributed by atoms with Crippen molar-refractivity contribution in [2.75, 3.05) is 10.6 Å². The number of hydrogen-bond acceptors (Lipinski definition) is 6. The van der Waals surface area contributed by atoms with E-state index >= 15 is 0 Å². The van der Waals surface area contributed by atoms with Crippen molar-refractivity contribution in [3.63, 3.8) is 0 Å². The Balaban J connectivity index is 1.32. The van der Waals surface area contributed by atoms with Crippen LogP contribution in [0.1, 0.15) is 43.1 Å². The smallest absolute Gasteiger partial charge is 0.225 e. The van der Waals surface area contributed by atoms with Crippen molar-refractivity contribution in [2.45, 2.75) is 31.7 Å². The van der Waals surface area contributed by atoms with Crippen LogP contribution in [0.3, 0.4) is 0 Å². The molecule has 9 heteroatoms. The monoisotopic (exact) mass is 394 g/mol. The fourth-order valence-electron chi connectivity index (χ4n) is 3.17. The van der Waals surface area contributed by atoms with Crippen LogP contribution in [0.25, 0.3) is 11.0 Å². The SMILES string of the molecule is C[C@H](Nc1nccc(Nc2cc(C3CC3)[nH]n2)n1)c1nc2cc[nH]c2cc1Cl. The summed E-state index contributed by atoms with van der Waals surface area (Å²) in [6, 6.07) is 7.48. The highest BCUT2D eigenvalue weighted by Gasteiger charge is 2.25. The van der Waals surface area contributed by atoms with Crippen LogP contribution in [-0.4, -0.2) is 30.1 Å². The normalized spacial score (nSPS) is 14.9. The number of nitrogens with one attached hydrogen (secondary N) is 4. The predicted molar refractivity (Wildman–Crippen MR) is 109 cm³/mol. The number of halogens is 1. The molecule has 1 atom stereocenters. The Labute approximate surface area is 166 Å². The van der Waals surface area contributed by atoms with E-state index in [9.17, 15) is 0 Å². The highest BCUT2D eigenvalue weighted by Crippen LogP contribution is 2.39. The zero-order chi connectivity index (χ0) is 19.1. The number of hydrogen-bond donors (Lipinski definition) is 4. The molecule has 0 spiro atoms. The van der Waals surface area contributed by atoms with Crippen LogP contribution in [-0.2, 0) is 0 Å². The first-order valence-electron chi connectivity index (χ1n) is 9.21. The predicted octanol–water partition coefficient (Wildman–Crippen LogP) is 4.52. The van der Waals surface area contributed by atoms with Crippen LogP contribution < -0.4 is 10.6 Å². The number of aromatic amines is 2. The molecule has 0 aliphatic heterocycles. The molecule has 5 rings (SSSR count). The molecule has 4 heterocycles. The zero-order valence-electron chi connectivity index (χ0n) is 15.2. The van der Waals surface area contributed by atoms with Gasteiger partial charge in [0.25, 0.3) is 0 Å². The number of fused-ring (bicyclic) bond motifs is 1. The lowest BCUT2D eigenvalue weighted by Crippen LogP contribution is -2.12. The molecule has 0 unspecified atom stereocenters. The van der Waals surface area contributed by atoms with Crippen LogP contribution in [0.5, 0.6) is 0 Å². The number of aromatic nitrogens is 6. The molecule has 0 radical (unpaired) electrons. The lowest BCUT2D eigenvalue weighted by atomic mass is 10.2. The first kappa shape index (κ1) is 17.0. The molecular weight excluding hydrogens is 376 g/mol. The van der Waals surface area contributed by atoms with Crippen LogP contribution >= 0.6 is 11.6 Å². The summed E-state index contributed by atoms with van der Waals surface area (Å²) in [4.78, 5) is 16.6. The summed E-state index contributed by atoms with van der Waals surface area (Å²) in [5.74, 6) is 2.53. The van der Waals surface area contributed by atoms with E-state index in [0.29, 0.717) is 22.7 Å². The van der Waals surface area contributed by atoms with Crippen LogP contribution in [0, 0.1) is 0 Å². The maximum absolute atomic E-state index is 6.41. The van der Waals surface area contributed by atoms with Crippen molar-refractivity contribution in [3.8, 4) is 0 Å². The zero-order valence-corrected chi connectivity index (χ0v) is 16.0. The molecular formula is C19H19ClN8. The van der Waals surface area contributed by atoms with E-state index in [1.165, 1.54) is 18.5 Å². The number of nitrogens with zero attached hydrogens (tertiary/aromatic N) is 4. The van der Waals surface area contributed by atoms with Gasteiger partial charge in [0.15, 0.2) is 5.82 Å². The van der Waals surface area contributed by atoms with Gasteiger partial charge in [0.2, 0.25) is 5.95 Å². The van der Waals surface area contributed by atoms with Crippen molar-refractivity contribution in [2.24, 2.45) is 0 Å². The number of anilines is 3. The Hall–Kier alpha value is -3.13. The van der Waals surface area contributed by atoms with Crippen molar-refractivity contribution >= 4 is 40.2 Å². The molecule has 4 aromatic rings. The minimum Gasteiger partial charge on any atom is -0.360 e. The summed E-state index contributed by atoms with van der Waals surface area (Å²) in [5, 5.41) is 14.4.